The van der Waals surface area contributed by atoms with Gasteiger partial charge in [0, 0.05) is 4.47 Å². The Morgan fingerprint density at radius 1 is 1.06 bits per heavy atom. The maximum absolute atomic E-state index is 13.5. The monoisotopic (exact) mass is 312 g/mol. The molecular formula is C14H11BrClF. The van der Waals surface area contributed by atoms with E-state index in [4.69, 9.17) is 11.6 Å². The molecule has 2 aromatic rings. The van der Waals surface area contributed by atoms with Crippen molar-refractivity contribution in [3.8, 4) is 0 Å². The molecule has 3 heteroatoms. The number of rotatable bonds is 3. The highest BCUT2D eigenvalue weighted by Gasteiger charge is 2.11. The number of alkyl halides is 1. The van der Waals surface area contributed by atoms with Crippen LogP contribution in [0, 0.1) is 5.82 Å². The third-order valence-corrected chi connectivity index (χ3v) is 3.52. The highest BCUT2D eigenvalue weighted by molar-refractivity contribution is 9.10. The van der Waals surface area contributed by atoms with Crippen LogP contribution in [0.1, 0.15) is 16.5 Å². The first-order chi connectivity index (χ1) is 8.16. The first-order valence-corrected chi connectivity index (χ1v) is 6.52. The van der Waals surface area contributed by atoms with Gasteiger partial charge in [0.05, 0.1) is 5.38 Å². The summed E-state index contributed by atoms with van der Waals surface area (Å²) in [5.41, 5.74) is 1.65. The highest BCUT2D eigenvalue weighted by Crippen LogP contribution is 2.27. The van der Waals surface area contributed by atoms with Crippen LogP contribution in [-0.2, 0) is 6.42 Å². The molecule has 0 heterocycles. The minimum Gasteiger partial charge on any atom is -0.207 e. The maximum atomic E-state index is 13.5. The van der Waals surface area contributed by atoms with Crippen LogP contribution in [0.2, 0.25) is 0 Å². The molecule has 0 radical (unpaired) electrons. The fraction of sp³-hybridized carbons (Fsp3) is 0.143. The van der Waals surface area contributed by atoms with Crippen LogP contribution >= 0.6 is 27.5 Å². The molecule has 0 N–H and O–H groups in total. The summed E-state index contributed by atoms with van der Waals surface area (Å²) in [7, 11) is 0. The molecular weight excluding hydrogens is 303 g/mol. The SMILES string of the molecule is Fc1ccccc1CC(Cl)c1ccc(Br)cc1. The van der Waals surface area contributed by atoms with Gasteiger partial charge in [0.1, 0.15) is 5.82 Å². The fourth-order valence-corrected chi connectivity index (χ4v) is 2.22. The van der Waals surface area contributed by atoms with E-state index in [-0.39, 0.29) is 11.2 Å². The molecule has 0 nitrogen and oxygen atoms in total. The largest absolute Gasteiger partial charge is 0.207 e. The van der Waals surface area contributed by atoms with Gasteiger partial charge in [-0.1, -0.05) is 46.3 Å². The van der Waals surface area contributed by atoms with Crippen LogP contribution in [0.4, 0.5) is 4.39 Å². The predicted octanol–water partition coefficient (Wildman–Crippen LogP) is 5.11. The van der Waals surface area contributed by atoms with E-state index in [1.165, 1.54) is 6.07 Å². The van der Waals surface area contributed by atoms with Crippen LogP contribution < -0.4 is 0 Å². The Hall–Kier alpha value is -0.860. The molecule has 1 atom stereocenters. The molecule has 0 bridgehead atoms. The van der Waals surface area contributed by atoms with E-state index >= 15 is 0 Å². The van der Waals surface area contributed by atoms with Gasteiger partial charge in [0.2, 0.25) is 0 Å². The lowest BCUT2D eigenvalue weighted by molar-refractivity contribution is 0.607. The quantitative estimate of drug-likeness (QED) is 0.691. The second-order valence-corrected chi connectivity index (χ2v) is 5.26. The van der Waals surface area contributed by atoms with E-state index in [1.54, 1.807) is 12.1 Å². The summed E-state index contributed by atoms with van der Waals surface area (Å²) in [5, 5.41) is -0.208. The average Bonchev–Trinajstić information content (AvgIpc) is 2.33. The number of benzene rings is 2. The van der Waals surface area contributed by atoms with E-state index < -0.39 is 0 Å². The number of hydrogen-bond acceptors (Lipinski definition) is 0. The van der Waals surface area contributed by atoms with E-state index in [0.29, 0.717) is 12.0 Å². The van der Waals surface area contributed by atoms with Crippen molar-refractivity contribution in [2.24, 2.45) is 0 Å². The van der Waals surface area contributed by atoms with Crippen molar-refractivity contribution in [2.75, 3.05) is 0 Å². The second kappa shape index (κ2) is 5.65. The molecule has 17 heavy (non-hydrogen) atoms. The zero-order chi connectivity index (χ0) is 12.3. The first kappa shape index (κ1) is 12.6. The maximum Gasteiger partial charge on any atom is 0.126 e. The van der Waals surface area contributed by atoms with Crippen molar-refractivity contribution in [3.63, 3.8) is 0 Å². The molecule has 0 aliphatic rings. The van der Waals surface area contributed by atoms with Crippen molar-refractivity contribution in [2.45, 2.75) is 11.8 Å². The molecule has 2 aromatic carbocycles. The number of hydrogen-bond donors (Lipinski definition) is 0. The van der Waals surface area contributed by atoms with Gasteiger partial charge in [-0.15, -0.1) is 11.6 Å². The Labute approximate surface area is 114 Å². The Kier molecular flexibility index (Phi) is 4.19. The van der Waals surface area contributed by atoms with Crippen molar-refractivity contribution < 1.29 is 4.39 Å². The topological polar surface area (TPSA) is 0 Å². The summed E-state index contributed by atoms with van der Waals surface area (Å²) in [6.45, 7) is 0. The van der Waals surface area contributed by atoms with E-state index in [2.05, 4.69) is 15.9 Å². The van der Waals surface area contributed by atoms with Gasteiger partial charge in [-0.3, -0.25) is 0 Å². The lowest BCUT2D eigenvalue weighted by atomic mass is 10.0. The van der Waals surface area contributed by atoms with Gasteiger partial charge >= 0.3 is 0 Å². The van der Waals surface area contributed by atoms with Crippen LogP contribution in [0.5, 0.6) is 0 Å². The van der Waals surface area contributed by atoms with Crippen molar-refractivity contribution in [3.05, 3.63) is 69.9 Å². The Morgan fingerprint density at radius 2 is 1.71 bits per heavy atom. The lowest BCUT2D eigenvalue weighted by Gasteiger charge is -2.10. The van der Waals surface area contributed by atoms with Gasteiger partial charge in [-0.05, 0) is 35.7 Å². The van der Waals surface area contributed by atoms with Crippen molar-refractivity contribution in [1.82, 2.24) is 0 Å². The summed E-state index contributed by atoms with van der Waals surface area (Å²) < 4.78 is 14.5. The Bertz CT molecular complexity index is 496. The average molecular weight is 314 g/mol. The normalized spacial score (nSPS) is 12.4. The van der Waals surface area contributed by atoms with Gasteiger partial charge < -0.3 is 0 Å². The van der Waals surface area contributed by atoms with Gasteiger partial charge in [-0.25, -0.2) is 4.39 Å². The molecule has 0 aromatic heterocycles. The summed E-state index contributed by atoms with van der Waals surface area (Å²) in [6.07, 6.45) is 0.496. The molecule has 1 unspecified atom stereocenters. The Morgan fingerprint density at radius 3 is 2.35 bits per heavy atom. The summed E-state index contributed by atoms with van der Waals surface area (Å²) in [4.78, 5) is 0. The number of halogens is 3. The smallest absolute Gasteiger partial charge is 0.126 e. The highest BCUT2D eigenvalue weighted by atomic mass is 79.9. The molecule has 0 spiro atoms. The van der Waals surface area contributed by atoms with E-state index in [0.717, 1.165) is 10.0 Å². The molecule has 0 amide bonds. The standard InChI is InChI=1S/C14H11BrClF/c15-12-7-5-10(6-8-12)13(16)9-11-3-1-2-4-14(11)17/h1-8,13H,9H2. The molecule has 0 fully saturated rings. The summed E-state index contributed by atoms with van der Waals surface area (Å²) in [6, 6.07) is 14.5. The third-order valence-electron chi connectivity index (χ3n) is 2.59. The van der Waals surface area contributed by atoms with E-state index in [9.17, 15) is 4.39 Å². The van der Waals surface area contributed by atoms with Gasteiger partial charge in [0.15, 0.2) is 0 Å². The second-order valence-electron chi connectivity index (χ2n) is 3.81. The summed E-state index contributed by atoms with van der Waals surface area (Å²) >= 11 is 9.65. The molecule has 2 rings (SSSR count). The lowest BCUT2D eigenvalue weighted by Crippen LogP contribution is -1.98. The molecule has 0 aliphatic heterocycles. The minimum atomic E-state index is -0.208. The molecule has 88 valence electrons. The van der Waals surface area contributed by atoms with Crippen molar-refractivity contribution >= 4 is 27.5 Å². The summed E-state index contributed by atoms with van der Waals surface area (Å²) in [5.74, 6) is -0.199. The molecule has 0 saturated heterocycles. The minimum absolute atomic E-state index is 0.199. The van der Waals surface area contributed by atoms with Crippen molar-refractivity contribution in [1.29, 1.82) is 0 Å². The van der Waals surface area contributed by atoms with Crippen LogP contribution in [0.15, 0.2) is 53.0 Å². The zero-order valence-corrected chi connectivity index (χ0v) is 11.4. The predicted molar refractivity (Wildman–Crippen MR) is 72.8 cm³/mol. The molecule has 0 saturated carbocycles. The zero-order valence-electron chi connectivity index (χ0n) is 9.04. The molecule has 0 aliphatic carbocycles. The van der Waals surface area contributed by atoms with Crippen LogP contribution in [-0.4, -0.2) is 0 Å². The Balaban J connectivity index is 2.14. The third kappa shape index (κ3) is 3.30. The first-order valence-electron chi connectivity index (χ1n) is 5.30. The van der Waals surface area contributed by atoms with Crippen LogP contribution in [0.3, 0.4) is 0 Å². The van der Waals surface area contributed by atoms with Gasteiger partial charge in [0.25, 0.3) is 0 Å². The van der Waals surface area contributed by atoms with Gasteiger partial charge in [-0.2, -0.15) is 0 Å². The fourth-order valence-electron chi connectivity index (χ4n) is 1.65. The van der Waals surface area contributed by atoms with E-state index in [1.807, 2.05) is 30.3 Å². The van der Waals surface area contributed by atoms with Crippen LogP contribution in [0.25, 0.3) is 0 Å².